The van der Waals surface area contributed by atoms with Crippen molar-refractivity contribution >= 4 is 0 Å². The third-order valence-corrected chi connectivity index (χ3v) is 2.86. The highest BCUT2D eigenvalue weighted by Gasteiger charge is 2.24. The first-order valence-corrected chi connectivity index (χ1v) is 5.39. The van der Waals surface area contributed by atoms with Crippen LogP contribution in [0, 0.1) is 0 Å². The van der Waals surface area contributed by atoms with Crippen LogP contribution >= 0.6 is 0 Å². The summed E-state index contributed by atoms with van der Waals surface area (Å²) in [5, 5.41) is 9.23. The number of hydrogen-bond acceptors (Lipinski definition) is 3. The van der Waals surface area contributed by atoms with E-state index in [1.807, 2.05) is 0 Å². The average Bonchev–Trinajstić information content (AvgIpc) is 2.19. The van der Waals surface area contributed by atoms with Gasteiger partial charge in [-0.1, -0.05) is 13.8 Å². The molecule has 0 aromatic heterocycles. The molecule has 0 bridgehead atoms. The Morgan fingerprint density at radius 1 is 1.31 bits per heavy atom. The van der Waals surface area contributed by atoms with E-state index in [-0.39, 0.29) is 0 Å². The van der Waals surface area contributed by atoms with Crippen molar-refractivity contribution in [2.45, 2.75) is 26.3 Å². The molecule has 1 saturated heterocycles. The van der Waals surface area contributed by atoms with Gasteiger partial charge in [-0.25, -0.2) is 0 Å². The Morgan fingerprint density at radius 2 is 2.08 bits per heavy atom. The summed E-state index contributed by atoms with van der Waals surface area (Å²) in [6.45, 7) is 10.2. The average molecular weight is 186 g/mol. The Bertz CT molecular complexity index is 141. The highest BCUT2D eigenvalue weighted by atomic mass is 16.3. The summed E-state index contributed by atoms with van der Waals surface area (Å²) in [4.78, 5) is 4.82. The molecule has 1 atom stereocenters. The fourth-order valence-electron chi connectivity index (χ4n) is 2.00. The Hall–Kier alpha value is -0.120. The van der Waals surface area contributed by atoms with Crippen LogP contribution < -0.4 is 0 Å². The predicted octanol–water partition coefficient (Wildman–Crippen LogP) is 0.395. The fraction of sp³-hybridized carbons (Fsp3) is 1.00. The summed E-state index contributed by atoms with van der Waals surface area (Å²) in [6.07, 6.45) is 1.18. The summed E-state index contributed by atoms with van der Waals surface area (Å²) in [5.41, 5.74) is 0. The highest BCUT2D eigenvalue weighted by molar-refractivity contribution is 4.80. The third-order valence-electron chi connectivity index (χ3n) is 2.86. The predicted molar refractivity (Wildman–Crippen MR) is 54.9 cm³/mol. The number of piperazine rings is 1. The van der Waals surface area contributed by atoms with Gasteiger partial charge < -0.3 is 10.0 Å². The van der Waals surface area contributed by atoms with E-state index in [1.165, 1.54) is 6.42 Å². The van der Waals surface area contributed by atoms with Gasteiger partial charge in [-0.3, -0.25) is 4.90 Å². The zero-order valence-electron chi connectivity index (χ0n) is 8.87. The quantitative estimate of drug-likeness (QED) is 0.688. The molecule has 78 valence electrons. The Labute approximate surface area is 81.3 Å². The van der Waals surface area contributed by atoms with Gasteiger partial charge in [-0.2, -0.15) is 0 Å². The van der Waals surface area contributed by atoms with Gasteiger partial charge in [-0.15, -0.1) is 0 Å². The van der Waals surface area contributed by atoms with Crippen LogP contribution in [0.1, 0.15) is 20.3 Å². The number of likely N-dealkylation sites (N-methyl/N-ethyl adjacent to an activating group) is 1. The Balaban J connectivity index is 2.40. The van der Waals surface area contributed by atoms with Gasteiger partial charge in [0.15, 0.2) is 0 Å². The molecule has 1 unspecified atom stereocenters. The van der Waals surface area contributed by atoms with Crippen LogP contribution in [-0.2, 0) is 0 Å². The van der Waals surface area contributed by atoms with E-state index in [4.69, 9.17) is 0 Å². The highest BCUT2D eigenvalue weighted by Crippen LogP contribution is 2.09. The van der Waals surface area contributed by atoms with Crippen LogP contribution in [0.4, 0.5) is 0 Å². The lowest BCUT2D eigenvalue weighted by Gasteiger charge is -2.40. The smallest absolute Gasteiger partial charge is 0.0599 e. The van der Waals surface area contributed by atoms with Crippen molar-refractivity contribution in [1.82, 2.24) is 9.80 Å². The first kappa shape index (κ1) is 11.0. The SMILES string of the molecule is CCCN1CCN(CC)CC1CO. The molecule has 0 aromatic carbocycles. The molecule has 13 heavy (non-hydrogen) atoms. The lowest BCUT2D eigenvalue weighted by atomic mass is 10.1. The van der Waals surface area contributed by atoms with E-state index >= 15 is 0 Å². The van der Waals surface area contributed by atoms with Crippen molar-refractivity contribution in [2.75, 3.05) is 39.3 Å². The van der Waals surface area contributed by atoms with Crippen molar-refractivity contribution < 1.29 is 5.11 Å². The topological polar surface area (TPSA) is 26.7 Å². The van der Waals surface area contributed by atoms with E-state index in [0.29, 0.717) is 12.6 Å². The van der Waals surface area contributed by atoms with E-state index in [9.17, 15) is 5.11 Å². The van der Waals surface area contributed by atoms with Crippen molar-refractivity contribution in [1.29, 1.82) is 0 Å². The van der Waals surface area contributed by atoms with Crippen molar-refractivity contribution in [3.8, 4) is 0 Å². The van der Waals surface area contributed by atoms with Gasteiger partial charge in [0.1, 0.15) is 0 Å². The number of rotatable bonds is 4. The Morgan fingerprint density at radius 3 is 2.62 bits per heavy atom. The summed E-state index contributed by atoms with van der Waals surface area (Å²) >= 11 is 0. The lowest BCUT2D eigenvalue weighted by Crippen LogP contribution is -2.54. The second-order valence-corrected chi connectivity index (χ2v) is 3.77. The van der Waals surface area contributed by atoms with Crippen LogP contribution in [0.25, 0.3) is 0 Å². The fourth-order valence-corrected chi connectivity index (χ4v) is 2.00. The third kappa shape index (κ3) is 2.93. The molecule has 0 aliphatic carbocycles. The molecule has 3 nitrogen and oxygen atoms in total. The number of hydrogen-bond donors (Lipinski definition) is 1. The molecule has 3 heteroatoms. The maximum atomic E-state index is 9.23. The second-order valence-electron chi connectivity index (χ2n) is 3.77. The number of aliphatic hydroxyl groups is 1. The first-order valence-electron chi connectivity index (χ1n) is 5.39. The summed E-state index contributed by atoms with van der Waals surface area (Å²) in [7, 11) is 0. The maximum absolute atomic E-state index is 9.23. The molecule has 0 amide bonds. The maximum Gasteiger partial charge on any atom is 0.0599 e. The van der Waals surface area contributed by atoms with E-state index in [2.05, 4.69) is 23.6 Å². The van der Waals surface area contributed by atoms with E-state index in [0.717, 1.165) is 32.7 Å². The minimum absolute atomic E-state index is 0.302. The molecule has 1 N–H and O–H groups in total. The van der Waals surface area contributed by atoms with E-state index < -0.39 is 0 Å². The van der Waals surface area contributed by atoms with Crippen molar-refractivity contribution in [3.05, 3.63) is 0 Å². The standard InChI is InChI=1S/C10H22N2O/c1-3-5-12-7-6-11(4-2)8-10(12)9-13/h10,13H,3-9H2,1-2H3. The normalized spacial score (nSPS) is 26.5. The largest absolute Gasteiger partial charge is 0.395 e. The first-order chi connectivity index (χ1) is 6.31. The summed E-state index contributed by atoms with van der Waals surface area (Å²) in [6, 6.07) is 0.369. The summed E-state index contributed by atoms with van der Waals surface area (Å²) < 4.78 is 0. The molecule has 1 rings (SSSR count). The molecule has 1 aliphatic rings. The van der Waals surface area contributed by atoms with Crippen molar-refractivity contribution in [3.63, 3.8) is 0 Å². The minimum atomic E-state index is 0.302. The van der Waals surface area contributed by atoms with Gasteiger partial charge in [0.2, 0.25) is 0 Å². The molecule has 0 saturated carbocycles. The zero-order valence-corrected chi connectivity index (χ0v) is 8.87. The van der Waals surface area contributed by atoms with Crippen molar-refractivity contribution in [2.24, 2.45) is 0 Å². The Kier molecular flexibility index (Phi) is 4.70. The number of aliphatic hydroxyl groups excluding tert-OH is 1. The molecule has 1 aliphatic heterocycles. The van der Waals surface area contributed by atoms with Gasteiger partial charge in [-0.05, 0) is 19.5 Å². The molecule has 0 spiro atoms. The summed E-state index contributed by atoms with van der Waals surface area (Å²) in [5.74, 6) is 0. The number of nitrogens with zero attached hydrogens (tertiary/aromatic N) is 2. The minimum Gasteiger partial charge on any atom is -0.395 e. The lowest BCUT2D eigenvalue weighted by molar-refractivity contribution is 0.0425. The van der Waals surface area contributed by atoms with Gasteiger partial charge in [0, 0.05) is 25.7 Å². The monoisotopic (exact) mass is 186 g/mol. The molecule has 1 fully saturated rings. The van der Waals surface area contributed by atoms with Gasteiger partial charge in [0.05, 0.1) is 6.61 Å². The molecular formula is C10H22N2O. The molecular weight excluding hydrogens is 164 g/mol. The van der Waals surface area contributed by atoms with Crippen LogP contribution in [0.15, 0.2) is 0 Å². The van der Waals surface area contributed by atoms with Crippen LogP contribution in [-0.4, -0.2) is 60.3 Å². The van der Waals surface area contributed by atoms with Gasteiger partial charge in [0.25, 0.3) is 0 Å². The molecule has 1 heterocycles. The van der Waals surface area contributed by atoms with Crippen LogP contribution in [0.2, 0.25) is 0 Å². The second kappa shape index (κ2) is 5.58. The van der Waals surface area contributed by atoms with E-state index in [1.54, 1.807) is 0 Å². The zero-order chi connectivity index (χ0) is 9.68. The van der Waals surface area contributed by atoms with Crippen LogP contribution in [0.3, 0.4) is 0 Å². The molecule has 0 aromatic rings. The van der Waals surface area contributed by atoms with Crippen LogP contribution in [0.5, 0.6) is 0 Å². The molecule has 0 radical (unpaired) electrons. The van der Waals surface area contributed by atoms with Gasteiger partial charge >= 0.3 is 0 Å².